The summed E-state index contributed by atoms with van der Waals surface area (Å²) in [5, 5.41) is 0. The Kier molecular flexibility index (Phi) is 5.47. The molecule has 0 unspecified atom stereocenters. The summed E-state index contributed by atoms with van der Waals surface area (Å²) in [6.07, 6.45) is -3.61. The number of halogens is 5. The highest BCUT2D eigenvalue weighted by molar-refractivity contribution is 9.10. The number of alkyl halides is 4. The minimum atomic E-state index is -4.30. The van der Waals surface area contributed by atoms with E-state index in [1.165, 1.54) is 23.9 Å². The van der Waals surface area contributed by atoms with E-state index in [4.69, 9.17) is 11.6 Å². The van der Waals surface area contributed by atoms with Gasteiger partial charge in [-0.1, -0.05) is 15.9 Å². The van der Waals surface area contributed by atoms with Crippen molar-refractivity contribution in [3.63, 3.8) is 0 Å². The van der Waals surface area contributed by atoms with E-state index in [1.807, 2.05) is 0 Å². The molecule has 0 saturated carbocycles. The molecule has 0 radical (unpaired) electrons. The summed E-state index contributed by atoms with van der Waals surface area (Å²) in [6, 6.07) is 3.98. The van der Waals surface area contributed by atoms with Gasteiger partial charge in [-0.15, -0.1) is 23.4 Å². The number of benzene rings is 1. The second-order valence-electron chi connectivity index (χ2n) is 3.03. The zero-order valence-electron chi connectivity index (χ0n) is 8.15. The minimum Gasteiger partial charge on any atom is -0.166 e. The zero-order valence-corrected chi connectivity index (χ0v) is 11.3. The van der Waals surface area contributed by atoms with Gasteiger partial charge >= 0.3 is 6.18 Å². The maximum absolute atomic E-state index is 12.6. The van der Waals surface area contributed by atoms with Gasteiger partial charge in [-0.25, -0.2) is 0 Å². The Morgan fingerprint density at radius 1 is 1.31 bits per heavy atom. The molecular weight excluding hydrogens is 325 g/mol. The molecule has 16 heavy (non-hydrogen) atoms. The lowest BCUT2D eigenvalue weighted by Gasteiger charge is -2.12. The third-order valence-corrected chi connectivity index (χ3v) is 3.69. The molecule has 0 amide bonds. The van der Waals surface area contributed by atoms with Gasteiger partial charge in [-0.3, -0.25) is 0 Å². The Bertz CT molecular complexity index is 354. The predicted octanol–water partition coefficient (Wildman–Crippen LogP) is 5.19. The van der Waals surface area contributed by atoms with E-state index >= 15 is 0 Å². The molecule has 0 N–H and O–H groups in total. The van der Waals surface area contributed by atoms with Crippen LogP contribution in [0.4, 0.5) is 13.2 Å². The Hall–Kier alpha value is 0.130. The van der Waals surface area contributed by atoms with Gasteiger partial charge in [0.15, 0.2) is 0 Å². The summed E-state index contributed by atoms with van der Waals surface area (Å²) < 4.78 is 38.6. The van der Waals surface area contributed by atoms with Crippen molar-refractivity contribution in [1.82, 2.24) is 0 Å². The van der Waals surface area contributed by atoms with E-state index in [1.54, 1.807) is 0 Å². The molecule has 0 spiro atoms. The molecule has 0 aliphatic rings. The molecule has 1 rings (SSSR count). The summed E-state index contributed by atoms with van der Waals surface area (Å²) in [5.74, 6) is 1.05. The van der Waals surface area contributed by atoms with Crippen LogP contribution in [0.15, 0.2) is 27.6 Å². The van der Waals surface area contributed by atoms with Crippen molar-refractivity contribution in [3.05, 3.63) is 28.2 Å². The number of thioether (sulfide) groups is 1. The van der Waals surface area contributed by atoms with Gasteiger partial charge in [-0.2, -0.15) is 13.2 Å². The molecule has 0 nitrogen and oxygen atoms in total. The van der Waals surface area contributed by atoms with Gasteiger partial charge in [0.05, 0.1) is 5.56 Å². The maximum Gasteiger partial charge on any atom is 0.417 e. The van der Waals surface area contributed by atoms with Crippen molar-refractivity contribution in [2.75, 3.05) is 11.6 Å². The van der Waals surface area contributed by atoms with Crippen LogP contribution in [0.3, 0.4) is 0 Å². The molecule has 0 fully saturated rings. The van der Waals surface area contributed by atoms with Gasteiger partial charge in [-0.05, 0) is 30.4 Å². The second-order valence-corrected chi connectivity index (χ2v) is 5.46. The highest BCUT2D eigenvalue weighted by Crippen LogP contribution is 2.38. The van der Waals surface area contributed by atoms with Gasteiger partial charge in [0.1, 0.15) is 0 Å². The van der Waals surface area contributed by atoms with Crippen LogP contribution in [0.5, 0.6) is 0 Å². The summed E-state index contributed by atoms with van der Waals surface area (Å²) in [7, 11) is 0. The van der Waals surface area contributed by atoms with Crippen LogP contribution in [0, 0.1) is 0 Å². The Morgan fingerprint density at radius 2 is 2.00 bits per heavy atom. The Balaban J connectivity index is 2.90. The first-order valence-corrected chi connectivity index (χ1v) is 6.82. The number of hydrogen-bond acceptors (Lipinski definition) is 1. The van der Waals surface area contributed by atoms with Crippen LogP contribution in [-0.2, 0) is 6.18 Å². The van der Waals surface area contributed by atoms with Gasteiger partial charge < -0.3 is 0 Å². The molecule has 6 heteroatoms. The molecule has 0 saturated heterocycles. The van der Waals surface area contributed by atoms with E-state index in [9.17, 15) is 13.2 Å². The van der Waals surface area contributed by atoms with Crippen LogP contribution >= 0.6 is 39.3 Å². The average molecular weight is 334 g/mol. The van der Waals surface area contributed by atoms with E-state index in [0.717, 1.165) is 6.07 Å². The summed E-state index contributed by atoms with van der Waals surface area (Å²) in [4.78, 5) is 0.243. The lowest BCUT2D eigenvalue weighted by Crippen LogP contribution is -2.06. The highest BCUT2D eigenvalue weighted by Gasteiger charge is 2.33. The lowest BCUT2D eigenvalue weighted by atomic mass is 10.2. The third kappa shape index (κ3) is 4.18. The Morgan fingerprint density at radius 3 is 2.56 bits per heavy atom. The fourth-order valence-electron chi connectivity index (χ4n) is 1.09. The summed E-state index contributed by atoms with van der Waals surface area (Å²) in [5.41, 5.74) is -0.588. The Labute approximate surface area is 110 Å². The largest absolute Gasteiger partial charge is 0.417 e. The monoisotopic (exact) mass is 332 g/mol. The SMILES string of the molecule is FC(F)(F)c1ccc(Br)cc1SCCCCl. The first-order chi connectivity index (χ1) is 7.45. The van der Waals surface area contributed by atoms with Crippen molar-refractivity contribution in [1.29, 1.82) is 0 Å². The molecule has 90 valence electrons. The van der Waals surface area contributed by atoms with E-state index in [0.29, 0.717) is 22.5 Å². The molecule has 0 aromatic heterocycles. The molecular formula is C10H9BrClF3S. The molecule has 1 aromatic carbocycles. The van der Waals surface area contributed by atoms with Crippen LogP contribution in [0.1, 0.15) is 12.0 Å². The second kappa shape index (κ2) is 6.17. The normalized spacial score (nSPS) is 11.8. The fourth-order valence-corrected chi connectivity index (χ4v) is 2.95. The van der Waals surface area contributed by atoms with E-state index in [2.05, 4.69) is 15.9 Å². The molecule has 1 aromatic rings. The van der Waals surface area contributed by atoms with Crippen molar-refractivity contribution < 1.29 is 13.2 Å². The third-order valence-electron chi connectivity index (χ3n) is 1.78. The van der Waals surface area contributed by atoms with Crippen molar-refractivity contribution in [2.24, 2.45) is 0 Å². The number of hydrogen-bond donors (Lipinski definition) is 0. The smallest absolute Gasteiger partial charge is 0.166 e. The number of rotatable bonds is 4. The minimum absolute atomic E-state index is 0.243. The van der Waals surface area contributed by atoms with Gasteiger partial charge in [0.2, 0.25) is 0 Å². The predicted molar refractivity (Wildman–Crippen MR) is 65.2 cm³/mol. The first-order valence-electron chi connectivity index (χ1n) is 4.50. The van der Waals surface area contributed by atoms with E-state index in [-0.39, 0.29) is 4.90 Å². The molecule has 0 atom stereocenters. The van der Waals surface area contributed by atoms with Crippen molar-refractivity contribution >= 4 is 39.3 Å². The van der Waals surface area contributed by atoms with E-state index < -0.39 is 11.7 Å². The van der Waals surface area contributed by atoms with Crippen LogP contribution < -0.4 is 0 Å². The van der Waals surface area contributed by atoms with Crippen LogP contribution in [0.2, 0.25) is 0 Å². The molecule has 0 heterocycles. The zero-order chi connectivity index (χ0) is 12.2. The molecule has 0 aliphatic heterocycles. The standard InChI is InChI=1S/C10H9BrClF3S/c11-7-2-3-8(10(13,14)15)9(6-7)16-5-1-4-12/h2-3,6H,1,4-5H2. The average Bonchev–Trinajstić information content (AvgIpc) is 2.16. The van der Waals surface area contributed by atoms with Gasteiger partial charge in [0, 0.05) is 15.2 Å². The van der Waals surface area contributed by atoms with Crippen molar-refractivity contribution in [2.45, 2.75) is 17.5 Å². The molecule has 0 bridgehead atoms. The lowest BCUT2D eigenvalue weighted by molar-refractivity contribution is -0.139. The fraction of sp³-hybridized carbons (Fsp3) is 0.400. The summed E-state index contributed by atoms with van der Waals surface area (Å²) >= 11 is 9.83. The van der Waals surface area contributed by atoms with Crippen LogP contribution in [-0.4, -0.2) is 11.6 Å². The molecule has 0 aliphatic carbocycles. The van der Waals surface area contributed by atoms with Gasteiger partial charge in [0.25, 0.3) is 0 Å². The topological polar surface area (TPSA) is 0 Å². The summed E-state index contributed by atoms with van der Waals surface area (Å²) in [6.45, 7) is 0. The first kappa shape index (κ1) is 14.2. The van der Waals surface area contributed by atoms with Crippen LogP contribution in [0.25, 0.3) is 0 Å². The van der Waals surface area contributed by atoms with Crippen molar-refractivity contribution in [3.8, 4) is 0 Å². The maximum atomic E-state index is 12.6. The quantitative estimate of drug-likeness (QED) is 0.415. The highest BCUT2D eigenvalue weighted by atomic mass is 79.9.